The topological polar surface area (TPSA) is 72.5 Å². The lowest BCUT2D eigenvalue weighted by Gasteiger charge is -2.09. The van der Waals surface area contributed by atoms with Crippen molar-refractivity contribution >= 4 is 11.6 Å². The van der Waals surface area contributed by atoms with Gasteiger partial charge in [0, 0.05) is 18.0 Å². The Morgan fingerprint density at radius 1 is 1.25 bits per heavy atom. The first-order valence-electron chi connectivity index (χ1n) is 7.10. The van der Waals surface area contributed by atoms with Gasteiger partial charge in [-0.1, -0.05) is 17.7 Å². The van der Waals surface area contributed by atoms with Crippen molar-refractivity contribution < 1.29 is 17.9 Å². The Labute approximate surface area is 137 Å². The molecule has 1 heterocycles. The summed E-state index contributed by atoms with van der Waals surface area (Å²) in [5.74, 6) is 0.0958. The van der Waals surface area contributed by atoms with Gasteiger partial charge in [0.15, 0.2) is 12.6 Å². The molecule has 1 aromatic carbocycles. The number of alkyl halides is 3. The van der Waals surface area contributed by atoms with E-state index in [1.165, 1.54) is 12.3 Å². The number of guanidine groups is 1. The van der Waals surface area contributed by atoms with Crippen LogP contribution in [-0.2, 0) is 6.54 Å². The van der Waals surface area contributed by atoms with Crippen molar-refractivity contribution in [3.63, 3.8) is 0 Å². The fourth-order valence-corrected chi connectivity index (χ4v) is 1.78. The van der Waals surface area contributed by atoms with E-state index in [1.807, 2.05) is 31.2 Å². The van der Waals surface area contributed by atoms with Crippen LogP contribution in [0.4, 0.5) is 18.9 Å². The maximum atomic E-state index is 12.1. The second-order valence-corrected chi connectivity index (χ2v) is 5.10. The number of benzene rings is 1. The van der Waals surface area contributed by atoms with E-state index < -0.39 is 12.8 Å². The fourth-order valence-electron chi connectivity index (χ4n) is 1.78. The monoisotopic (exact) mass is 338 g/mol. The second kappa shape index (κ2) is 7.67. The molecule has 0 saturated heterocycles. The van der Waals surface area contributed by atoms with E-state index in [-0.39, 0.29) is 18.4 Å². The molecule has 0 saturated carbocycles. The SMILES string of the molecule is Cc1ccc(NC(N)=NCc2ccnc(OCC(F)(F)F)c2)cc1. The van der Waals surface area contributed by atoms with Gasteiger partial charge in [0.1, 0.15) is 0 Å². The summed E-state index contributed by atoms with van der Waals surface area (Å²) < 4.78 is 41.0. The van der Waals surface area contributed by atoms with Gasteiger partial charge in [0.05, 0.1) is 6.54 Å². The third kappa shape index (κ3) is 6.15. The van der Waals surface area contributed by atoms with Crippen LogP contribution < -0.4 is 15.8 Å². The number of aryl methyl sites for hydroxylation is 1. The van der Waals surface area contributed by atoms with Gasteiger partial charge in [-0.05, 0) is 30.7 Å². The van der Waals surface area contributed by atoms with Crippen LogP contribution in [0.2, 0.25) is 0 Å². The van der Waals surface area contributed by atoms with Gasteiger partial charge in [-0.25, -0.2) is 9.98 Å². The van der Waals surface area contributed by atoms with Gasteiger partial charge in [-0.15, -0.1) is 0 Å². The fraction of sp³-hybridized carbons (Fsp3) is 0.250. The lowest BCUT2D eigenvalue weighted by atomic mass is 10.2. The Kier molecular flexibility index (Phi) is 5.62. The number of aromatic nitrogens is 1. The number of aliphatic imine (C=N–C) groups is 1. The van der Waals surface area contributed by atoms with Gasteiger partial charge < -0.3 is 15.8 Å². The number of pyridine rings is 1. The molecule has 0 radical (unpaired) electrons. The standard InChI is InChI=1S/C16H17F3N4O/c1-11-2-4-13(5-3-11)23-15(20)22-9-12-6-7-21-14(8-12)24-10-16(17,18)19/h2-8H,9-10H2,1H3,(H3,20,22,23). The molecule has 2 rings (SSSR count). The average Bonchev–Trinajstić information content (AvgIpc) is 2.53. The lowest BCUT2D eigenvalue weighted by molar-refractivity contribution is -0.154. The maximum absolute atomic E-state index is 12.1. The minimum Gasteiger partial charge on any atom is -0.468 e. The Morgan fingerprint density at radius 3 is 2.62 bits per heavy atom. The van der Waals surface area contributed by atoms with Crippen LogP contribution in [0.5, 0.6) is 5.88 Å². The van der Waals surface area contributed by atoms with Crippen molar-refractivity contribution in [2.45, 2.75) is 19.6 Å². The number of nitrogens with one attached hydrogen (secondary N) is 1. The van der Waals surface area contributed by atoms with E-state index in [2.05, 4.69) is 20.0 Å². The molecule has 2 aromatic rings. The highest BCUT2D eigenvalue weighted by Gasteiger charge is 2.28. The van der Waals surface area contributed by atoms with Crippen LogP contribution in [0, 0.1) is 6.92 Å². The Bertz CT molecular complexity index is 699. The molecule has 0 aliphatic rings. The maximum Gasteiger partial charge on any atom is 0.422 e. The van der Waals surface area contributed by atoms with E-state index in [9.17, 15) is 13.2 Å². The number of nitrogens with two attached hydrogens (primary N) is 1. The molecule has 8 heteroatoms. The number of hydrogen-bond acceptors (Lipinski definition) is 3. The number of ether oxygens (including phenoxy) is 1. The van der Waals surface area contributed by atoms with E-state index in [0.29, 0.717) is 5.56 Å². The third-order valence-electron chi connectivity index (χ3n) is 2.94. The highest BCUT2D eigenvalue weighted by atomic mass is 19.4. The van der Waals surface area contributed by atoms with Crippen molar-refractivity contribution in [2.24, 2.45) is 10.7 Å². The summed E-state index contributed by atoms with van der Waals surface area (Å²) in [5.41, 5.74) is 8.35. The zero-order valence-electron chi connectivity index (χ0n) is 13.0. The van der Waals surface area contributed by atoms with Crippen LogP contribution >= 0.6 is 0 Å². The van der Waals surface area contributed by atoms with Crippen molar-refractivity contribution in [3.8, 4) is 5.88 Å². The predicted molar refractivity (Wildman–Crippen MR) is 85.9 cm³/mol. The first kappa shape index (κ1) is 17.6. The van der Waals surface area contributed by atoms with Gasteiger partial charge in [-0.2, -0.15) is 13.2 Å². The Hall–Kier alpha value is -2.77. The van der Waals surface area contributed by atoms with Gasteiger partial charge in [0.2, 0.25) is 5.88 Å². The molecule has 0 amide bonds. The largest absolute Gasteiger partial charge is 0.468 e. The Balaban J connectivity index is 1.93. The number of hydrogen-bond donors (Lipinski definition) is 2. The molecule has 1 aromatic heterocycles. The van der Waals surface area contributed by atoms with Crippen LogP contribution in [-0.4, -0.2) is 23.7 Å². The molecule has 0 fully saturated rings. The highest BCUT2D eigenvalue weighted by molar-refractivity contribution is 5.92. The molecule has 24 heavy (non-hydrogen) atoms. The zero-order valence-corrected chi connectivity index (χ0v) is 13.0. The molecule has 0 aliphatic carbocycles. The molecule has 0 unspecified atom stereocenters. The van der Waals surface area contributed by atoms with Gasteiger partial charge in [0.25, 0.3) is 0 Å². The van der Waals surface area contributed by atoms with E-state index >= 15 is 0 Å². The van der Waals surface area contributed by atoms with Crippen molar-refractivity contribution in [1.29, 1.82) is 0 Å². The van der Waals surface area contributed by atoms with Crippen molar-refractivity contribution in [1.82, 2.24) is 4.98 Å². The molecule has 3 N–H and O–H groups in total. The number of nitrogens with zero attached hydrogens (tertiary/aromatic N) is 2. The molecule has 0 aliphatic heterocycles. The summed E-state index contributed by atoms with van der Waals surface area (Å²) in [6, 6.07) is 10.6. The lowest BCUT2D eigenvalue weighted by Crippen LogP contribution is -2.22. The molecule has 128 valence electrons. The highest BCUT2D eigenvalue weighted by Crippen LogP contribution is 2.17. The first-order chi connectivity index (χ1) is 11.3. The summed E-state index contributed by atoms with van der Waals surface area (Å²) in [6.07, 6.45) is -3.04. The molecular weight excluding hydrogens is 321 g/mol. The van der Waals surface area contributed by atoms with Crippen LogP contribution in [0.15, 0.2) is 47.6 Å². The summed E-state index contributed by atoms with van der Waals surface area (Å²) in [7, 11) is 0. The molecule has 0 spiro atoms. The minimum absolute atomic E-state index is 0.106. The average molecular weight is 338 g/mol. The Morgan fingerprint density at radius 2 is 1.96 bits per heavy atom. The second-order valence-electron chi connectivity index (χ2n) is 5.10. The van der Waals surface area contributed by atoms with Crippen molar-refractivity contribution in [2.75, 3.05) is 11.9 Å². The van der Waals surface area contributed by atoms with Crippen LogP contribution in [0.1, 0.15) is 11.1 Å². The zero-order chi connectivity index (χ0) is 17.6. The van der Waals surface area contributed by atoms with Crippen molar-refractivity contribution in [3.05, 3.63) is 53.7 Å². The molecule has 0 atom stereocenters. The van der Waals surface area contributed by atoms with Gasteiger partial charge in [-0.3, -0.25) is 0 Å². The summed E-state index contributed by atoms with van der Waals surface area (Å²) in [4.78, 5) is 7.87. The molecule has 0 bridgehead atoms. The number of rotatable bonds is 5. The predicted octanol–water partition coefficient (Wildman–Crippen LogP) is 3.26. The van der Waals surface area contributed by atoms with Crippen LogP contribution in [0.25, 0.3) is 0 Å². The normalized spacial score (nSPS) is 12.1. The third-order valence-corrected chi connectivity index (χ3v) is 2.94. The van der Waals surface area contributed by atoms with E-state index in [4.69, 9.17) is 5.73 Å². The van der Waals surface area contributed by atoms with Crippen LogP contribution in [0.3, 0.4) is 0 Å². The summed E-state index contributed by atoms with van der Waals surface area (Å²) >= 11 is 0. The smallest absolute Gasteiger partial charge is 0.422 e. The van der Waals surface area contributed by atoms with E-state index in [1.54, 1.807) is 6.07 Å². The molecule has 5 nitrogen and oxygen atoms in total. The summed E-state index contributed by atoms with van der Waals surface area (Å²) in [6.45, 7) is 0.780. The van der Waals surface area contributed by atoms with Gasteiger partial charge >= 0.3 is 6.18 Å². The first-order valence-corrected chi connectivity index (χ1v) is 7.10. The minimum atomic E-state index is -4.40. The molecular formula is C16H17F3N4O. The summed E-state index contributed by atoms with van der Waals surface area (Å²) in [5, 5.41) is 2.93. The van der Waals surface area contributed by atoms with E-state index in [0.717, 1.165) is 11.3 Å². The number of halogens is 3. The number of anilines is 1. The quantitative estimate of drug-likeness (QED) is 0.648.